The number of aromatic nitrogens is 1. The molecule has 1 aliphatic carbocycles. The second kappa shape index (κ2) is 5.91. The molecule has 19 heavy (non-hydrogen) atoms. The van der Waals surface area contributed by atoms with Gasteiger partial charge in [-0.1, -0.05) is 26.2 Å². The Morgan fingerprint density at radius 1 is 1.53 bits per heavy atom. The summed E-state index contributed by atoms with van der Waals surface area (Å²) in [5.41, 5.74) is 11.8. The topological polar surface area (TPSA) is 94.0 Å². The van der Waals surface area contributed by atoms with E-state index < -0.39 is 5.91 Å². The molecule has 5 heteroatoms. The Morgan fingerprint density at radius 2 is 2.32 bits per heavy atom. The number of rotatable bonds is 4. The molecular weight excluding hydrogens is 240 g/mol. The summed E-state index contributed by atoms with van der Waals surface area (Å²) in [6, 6.07) is 1.95. The van der Waals surface area contributed by atoms with E-state index in [9.17, 15) is 4.79 Å². The number of nitrogens with one attached hydrogen (secondary N) is 1. The highest BCUT2D eigenvalue weighted by Gasteiger charge is 2.22. The molecule has 0 saturated heterocycles. The zero-order chi connectivity index (χ0) is 13.8. The Labute approximate surface area is 113 Å². The molecule has 0 aliphatic heterocycles. The number of nitrogens with two attached hydrogens (primary N) is 2. The summed E-state index contributed by atoms with van der Waals surface area (Å²) in [4.78, 5) is 15.6. The number of nitrogen functional groups attached to an aromatic ring is 1. The number of pyridine rings is 1. The Morgan fingerprint density at radius 3 is 3.00 bits per heavy atom. The minimum atomic E-state index is -0.495. The summed E-state index contributed by atoms with van der Waals surface area (Å²) in [7, 11) is 0. The molecule has 0 bridgehead atoms. The Hall–Kier alpha value is -1.78. The molecule has 1 amide bonds. The third kappa shape index (κ3) is 3.36. The Bertz CT molecular complexity index is 461. The predicted octanol–water partition coefficient (Wildman–Crippen LogP) is 2.14. The van der Waals surface area contributed by atoms with E-state index in [1.807, 2.05) is 0 Å². The molecule has 5 nitrogen and oxygen atoms in total. The highest BCUT2D eigenvalue weighted by molar-refractivity contribution is 5.98. The maximum atomic E-state index is 11.4. The van der Waals surface area contributed by atoms with Gasteiger partial charge in [0.2, 0.25) is 0 Å². The number of hydrogen-bond donors (Lipinski definition) is 3. The van der Waals surface area contributed by atoms with Gasteiger partial charge < -0.3 is 16.8 Å². The number of nitrogens with zero attached hydrogens (tertiary/aromatic N) is 1. The van der Waals surface area contributed by atoms with Crippen molar-refractivity contribution >= 4 is 17.4 Å². The van der Waals surface area contributed by atoms with E-state index in [-0.39, 0.29) is 0 Å². The van der Waals surface area contributed by atoms with Gasteiger partial charge >= 0.3 is 0 Å². The summed E-state index contributed by atoms with van der Waals surface area (Å²) in [6.45, 7) is 2.23. The normalized spacial score (nSPS) is 23.0. The van der Waals surface area contributed by atoms with Crippen molar-refractivity contribution in [2.75, 3.05) is 11.1 Å². The second-order valence-corrected chi connectivity index (χ2v) is 5.31. The van der Waals surface area contributed by atoms with E-state index in [1.54, 1.807) is 12.3 Å². The first-order chi connectivity index (χ1) is 9.10. The van der Waals surface area contributed by atoms with E-state index in [0.717, 1.165) is 18.8 Å². The van der Waals surface area contributed by atoms with Gasteiger partial charge in [0.05, 0.1) is 17.4 Å². The molecule has 1 fully saturated rings. The van der Waals surface area contributed by atoms with E-state index in [2.05, 4.69) is 17.2 Å². The molecule has 0 radical (unpaired) electrons. The number of hydrogen-bond acceptors (Lipinski definition) is 4. The number of carbonyl (C=O) groups is 1. The van der Waals surface area contributed by atoms with E-state index in [4.69, 9.17) is 11.5 Å². The summed E-state index contributed by atoms with van der Waals surface area (Å²) in [5.74, 6) is 0.825. The van der Waals surface area contributed by atoms with Gasteiger partial charge in [0.25, 0.3) is 5.91 Å². The van der Waals surface area contributed by atoms with E-state index in [1.165, 1.54) is 19.3 Å². The summed E-state index contributed by atoms with van der Waals surface area (Å²) in [6.07, 6.45) is 7.51. The molecule has 0 spiro atoms. The smallest absolute Gasteiger partial charge is 0.252 e. The van der Waals surface area contributed by atoms with Crippen LogP contribution in [0.5, 0.6) is 0 Å². The first kappa shape index (κ1) is 13.6. The highest BCUT2D eigenvalue weighted by Crippen LogP contribution is 2.29. The molecule has 1 aromatic heterocycles. The summed E-state index contributed by atoms with van der Waals surface area (Å²) in [5, 5.41) is 3.35. The first-order valence-corrected chi connectivity index (χ1v) is 6.92. The monoisotopic (exact) mass is 262 g/mol. The average Bonchev–Trinajstić information content (AvgIpc) is 2.41. The van der Waals surface area contributed by atoms with E-state index in [0.29, 0.717) is 23.1 Å². The average molecular weight is 262 g/mol. The molecular formula is C14H22N4O. The van der Waals surface area contributed by atoms with Crippen LogP contribution in [0.3, 0.4) is 0 Å². The Balaban J connectivity index is 2.12. The summed E-state index contributed by atoms with van der Waals surface area (Å²) < 4.78 is 0. The van der Waals surface area contributed by atoms with Gasteiger partial charge in [-0.25, -0.2) is 4.98 Å². The third-order valence-corrected chi connectivity index (χ3v) is 3.88. The van der Waals surface area contributed by atoms with Gasteiger partial charge in [0.1, 0.15) is 5.82 Å². The molecule has 1 heterocycles. The molecule has 0 aromatic carbocycles. The lowest BCUT2D eigenvalue weighted by molar-refractivity contribution is 0.100. The highest BCUT2D eigenvalue weighted by atomic mass is 16.1. The minimum Gasteiger partial charge on any atom is -0.397 e. The van der Waals surface area contributed by atoms with Crippen LogP contribution in [0.1, 0.15) is 49.4 Å². The molecule has 1 aromatic rings. The number of amides is 1. The number of primary amides is 1. The quantitative estimate of drug-likeness (QED) is 0.775. The third-order valence-electron chi connectivity index (χ3n) is 3.88. The van der Waals surface area contributed by atoms with Gasteiger partial charge in [0, 0.05) is 6.04 Å². The fraction of sp³-hybridized carbons (Fsp3) is 0.571. The van der Waals surface area contributed by atoms with Crippen molar-refractivity contribution in [3.8, 4) is 0 Å². The molecule has 1 saturated carbocycles. The van der Waals surface area contributed by atoms with Crippen LogP contribution in [0.25, 0.3) is 0 Å². The molecule has 1 aliphatic rings. The second-order valence-electron chi connectivity index (χ2n) is 5.31. The molecule has 2 atom stereocenters. The number of carbonyl (C=O) groups excluding carboxylic acids is 1. The van der Waals surface area contributed by atoms with Gasteiger partial charge in [-0.15, -0.1) is 0 Å². The van der Waals surface area contributed by atoms with Crippen LogP contribution in [0, 0.1) is 5.92 Å². The van der Waals surface area contributed by atoms with Gasteiger partial charge in [-0.3, -0.25) is 4.79 Å². The van der Waals surface area contributed by atoms with Crippen LogP contribution in [0.15, 0.2) is 12.3 Å². The lowest BCUT2D eigenvalue weighted by atomic mass is 9.84. The Kier molecular flexibility index (Phi) is 4.24. The van der Waals surface area contributed by atoms with Crippen LogP contribution in [-0.4, -0.2) is 16.9 Å². The summed E-state index contributed by atoms with van der Waals surface area (Å²) >= 11 is 0. The van der Waals surface area contributed by atoms with Crippen LogP contribution in [-0.2, 0) is 0 Å². The van der Waals surface area contributed by atoms with Gasteiger partial charge in [-0.05, 0) is 24.8 Å². The van der Waals surface area contributed by atoms with Crippen LogP contribution < -0.4 is 16.8 Å². The van der Waals surface area contributed by atoms with Crippen molar-refractivity contribution < 1.29 is 4.79 Å². The molecule has 2 unspecified atom stereocenters. The largest absolute Gasteiger partial charge is 0.397 e. The molecule has 2 rings (SSSR count). The van der Waals surface area contributed by atoms with Crippen molar-refractivity contribution in [1.29, 1.82) is 0 Å². The van der Waals surface area contributed by atoms with Crippen molar-refractivity contribution in [3.05, 3.63) is 17.8 Å². The van der Waals surface area contributed by atoms with Crippen molar-refractivity contribution in [2.24, 2.45) is 11.7 Å². The van der Waals surface area contributed by atoms with Crippen LogP contribution in [0.2, 0.25) is 0 Å². The number of anilines is 2. The lowest BCUT2D eigenvalue weighted by Gasteiger charge is -2.29. The fourth-order valence-corrected chi connectivity index (χ4v) is 2.77. The van der Waals surface area contributed by atoms with Crippen LogP contribution >= 0.6 is 0 Å². The molecule has 104 valence electrons. The first-order valence-electron chi connectivity index (χ1n) is 6.92. The van der Waals surface area contributed by atoms with Crippen molar-refractivity contribution in [1.82, 2.24) is 4.98 Å². The van der Waals surface area contributed by atoms with Crippen molar-refractivity contribution in [2.45, 2.75) is 45.1 Å². The van der Waals surface area contributed by atoms with Gasteiger partial charge in [0.15, 0.2) is 0 Å². The minimum absolute atomic E-state index is 0.368. The van der Waals surface area contributed by atoms with Crippen LogP contribution in [0.4, 0.5) is 11.5 Å². The predicted molar refractivity (Wildman–Crippen MR) is 76.8 cm³/mol. The zero-order valence-corrected chi connectivity index (χ0v) is 11.4. The standard InChI is InChI=1S/C14H22N4O/c1-2-9-4-3-5-11(6-9)18-14-12(13(16)19)7-10(15)8-17-14/h7-9,11H,2-6,15H2,1H3,(H2,16,19)(H,17,18). The SMILES string of the molecule is CCC1CCCC(Nc2ncc(N)cc2C(N)=O)C1. The maximum absolute atomic E-state index is 11.4. The lowest BCUT2D eigenvalue weighted by Crippen LogP contribution is -2.29. The van der Waals surface area contributed by atoms with E-state index >= 15 is 0 Å². The van der Waals surface area contributed by atoms with Crippen molar-refractivity contribution in [3.63, 3.8) is 0 Å². The fourth-order valence-electron chi connectivity index (χ4n) is 2.77. The molecule has 5 N–H and O–H groups in total. The van der Waals surface area contributed by atoms with Gasteiger partial charge in [-0.2, -0.15) is 0 Å². The maximum Gasteiger partial charge on any atom is 0.252 e. The zero-order valence-electron chi connectivity index (χ0n) is 11.4.